The van der Waals surface area contributed by atoms with Gasteiger partial charge in [-0.15, -0.1) is 11.3 Å². The third-order valence-corrected chi connectivity index (χ3v) is 8.32. The predicted molar refractivity (Wildman–Crippen MR) is 132 cm³/mol. The van der Waals surface area contributed by atoms with Gasteiger partial charge in [-0.1, -0.05) is 13.8 Å². The summed E-state index contributed by atoms with van der Waals surface area (Å²) in [5, 5.41) is 13.0. The first-order valence-electron chi connectivity index (χ1n) is 12.2. The van der Waals surface area contributed by atoms with Crippen molar-refractivity contribution >= 4 is 28.3 Å². The van der Waals surface area contributed by atoms with Crippen molar-refractivity contribution in [1.29, 1.82) is 5.26 Å². The molecule has 0 radical (unpaired) electrons. The summed E-state index contributed by atoms with van der Waals surface area (Å²) < 4.78 is 0. The van der Waals surface area contributed by atoms with Gasteiger partial charge in [-0.05, 0) is 70.8 Å². The summed E-state index contributed by atoms with van der Waals surface area (Å²) >= 11 is 1.53. The molecular weight excluding hydrogens is 436 g/mol. The van der Waals surface area contributed by atoms with E-state index in [1.54, 1.807) is 0 Å². The molecule has 0 spiro atoms. The molecule has 1 aromatic rings. The number of carbonyl (C=O) groups excluding carboxylic acids is 2. The number of rotatable bonds is 8. The summed E-state index contributed by atoms with van der Waals surface area (Å²) in [6, 6.07) is 2.32. The molecule has 8 nitrogen and oxygen atoms in total. The van der Waals surface area contributed by atoms with E-state index in [0.717, 1.165) is 50.9 Å². The van der Waals surface area contributed by atoms with Gasteiger partial charge < -0.3 is 20.9 Å². The van der Waals surface area contributed by atoms with Gasteiger partial charge in [0.1, 0.15) is 11.1 Å². The fourth-order valence-corrected chi connectivity index (χ4v) is 6.52. The van der Waals surface area contributed by atoms with Crippen LogP contribution in [0.25, 0.3) is 0 Å². The molecule has 9 heteroatoms. The summed E-state index contributed by atoms with van der Waals surface area (Å²) in [6.45, 7) is 10.5. The number of hydrogen-bond acceptors (Lipinski definition) is 7. The van der Waals surface area contributed by atoms with Crippen LogP contribution in [0.1, 0.15) is 49.6 Å². The highest BCUT2D eigenvalue weighted by atomic mass is 32.1. The van der Waals surface area contributed by atoms with Crippen molar-refractivity contribution in [1.82, 2.24) is 20.0 Å². The first kappa shape index (κ1) is 25.5. The number of anilines is 1. The van der Waals surface area contributed by atoms with Gasteiger partial charge >= 0.3 is 6.03 Å². The first-order valence-corrected chi connectivity index (χ1v) is 13.0. The summed E-state index contributed by atoms with van der Waals surface area (Å²) in [7, 11) is 2.07. The number of nitrogen functional groups attached to an aromatic ring is 1. The zero-order chi connectivity index (χ0) is 24.1. The van der Waals surface area contributed by atoms with Crippen molar-refractivity contribution in [3.05, 3.63) is 16.0 Å². The Morgan fingerprint density at radius 2 is 1.97 bits per heavy atom. The summed E-state index contributed by atoms with van der Waals surface area (Å²) in [6.07, 6.45) is 3.15. The van der Waals surface area contributed by atoms with Gasteiger partial charge in [0.05, 0.1) is 11.5 Å². The van der Waals surface area contributed by atoms with Crippen LogP contribution in [0.2, 0.25) is 0 Å². The highest BCUT2D eigenvalue weighted by Crippen LogP contribution is 2.43. The lowest BCUT2D eigenvalue weighted by Crippen LogP contribution is -2.55. The number of piperidine rings is 1. The van der Waals surface area contributed by atoms with Gasteiger partial charge in [0.15, 0.2) is 0 Å². The van der Waals surface area contributed by atoms with E-state index in [2.05, 4.69) is 42.1 Å². The van der Waals surface area contributed by atoms with Gasteiger partial charge in [0.25, 0.3) is 0 Å². The average molecular weight is 475 g/mol. The van der Waals surface area contributed by atoms with E-state index in [-0.39, 0.29) is 23.8 Å². The fraction of sp³-hybridized carbons (Fsp3) is 0.708. The normalized spacial score (nSPS) is 22.4. The van der Waals surface area contributed by atoms with Crippen molar-refractivity contribution in [3.63, 3.8) is 0 Å². The van der Waals surface area contributed by atoms with Crippen LogP contribution in [-0.2, 0) is 17.6 Å². The zero-order valence-electron chi connectivity index (χ0n) is 20.4. The molecule has 1 saturated heterocycles. The minimum Gasteiger partial charge on any atom is -0.389 e. The molecule has 1 unspecified atom stereocenters. The van der Waals surface area contributed by atoms with Crippen molar-refractivity contribution in [2.45, 2.75) is 52.5 Å². The molecule has 3 N–H and O–H groups in total. The maximum Gasteiger partial charge on any atom is 0.324 e. The lowest BCUT2D eigenvalue weighted by molar-refractivity contribution is -0.136. The fourth-order valence-electron chi connectivity index (χ4n) is 5.42. The number of nitriles is 1. The molecule has 33 heavy (non-hydrogen) atoms. The number of hydrogen-bond donors (Lipinski definition) is 2. The summed E-state index contributed by atoms with van der Waals surface area (Å²) in [5.74, 6) is -0.0321. The summed E-state index contributed by atoms with van der Waals surface area (Å²) in [4.78, 5) is 33.6. The lowest BCUT2D eigenvalue weighted by Gasteiger charge is -2.45. The number of likely N-dealkylation sites (N-methyl/N-ethyl adjacent to an activating group) is 1. The van der Waals surface area contributed by atoms with Crippen molar-refractivity contribution in [2.24, 2.45) is 11.8 Å². The van der Waals surface area contributed by atoms with Crippen LogP contribution in [0.3, 0.4) is 0 Å². The number of likely N-dealkylation sites (tertiary alicyclic amines) is 1. The minimum atomic E-state index is -0.296. The van der Waals surface area contributed by atoms with Gasteiger partial charge in [-0.3, -0.25) is 9.69 Å². The van der Waals surface area contributed by atoms with E-state index in [4.69, 9.17) is 5.73 Å². The second-order valence-electron chi connectivity index (χ2n) is 9.17. The molecule has 1 fully saturated rings. The van der Waals surface area contributed by atoms with Crippen LogP contribution in [0.5, 0.6) is 0 Å². The molecule has 1 aliphatic carbocycles. The SMILES string of the molecule is CCNC(=O)N(CCCN(CC)CC)C(=O)[C@@H]1CC2Cc3c(sc(N)c3C#N)C[C@H]2N(C)C1. The molecule has 3 amide bonds. The molecule has 0 saturated carbocycles. The smallest absolute Gasteiger partial charge is 0.324 e. The molecular formula is C24H38N6O2S. The maximum absolute atomic E-state index is 13.6. The molecule has 182 valence electrons. The van der Waals surface area contributed by atoms with Crippen LogP contribution in [0, 0.1) is 23.2 Å². The number of urea groups is 1. The highest BCUT2D eigenvalue weighted by Gasteiger charge is 2.43. The Labute approximate surface area is 201 Å². The first-order chi connectivity index (χ1) is 15.8. The van der Waals surface area contributed by atoms with E-state index in [1.807, 2.05) is 6.92 Å². The Morgan fingerprint density at radius 1 is 1.24 bits per heavy atom. The molecule has 3 rings (SSSR count). The number of thiophene rings is 1. The zero-order valence-corrected chi connectivity index (χ0v) is 21.2. The van der Waals surface area contributed by atoms with Gasteiger partial charge in [-0.25, -0.2) is 4.79 Å². The van der Waals surface area contributed by atoms with Crippen molar-refractivity contribution < 1.29 is 9.59 Å². The molecule has 2 heterocycles. The highest BCUT2D eigenvalue weighted by molar-refractivity contribution is 7.16. The monoisotopic (exact) mass is 474 g/mol. The van der Waals surface area contributed by atoms with E-state index >= 15 is 0 Å². The molecule has 1 aromatic heterocycles. The topological polar surface area (TPSA) is 106 Å². The Balaban J connectivity index is 1.73. The molecule has 1 aliphatic heterocycles. The van der Waals surface area contributed by atoms with Crippen molar-refractivity contribution in [2.75, 3.05) is 52.0 Å². The van der Waals surface area contributed by atoms with E-state index < -0.39 is 0 Å². The van der Waals surface area contributed by atoms with Crippen LogP contribution >= 0.6 is 11.3 Å². The van der Waals surface area contributed by atoms with Crippen LogP contribution < -0.4 is 11.1 Å². The standard InChI is InChI=1S/C24H38N6O2S/c1-5-27-24(32)30(10-8-9-29(6-2)7-3)23(31)17-11-16-12-18-19(14-25)22(26)33-21(18)13-20(16)28(4)15-17/h16-17,20H,5-13,15,26H2,1-4H3,(H,27,32)/t16?,17-,20-/m1/s1. The number of carbonyl (C=O) groups is 2. The van der Waals surface area contributed by atoms with Gasteiger partial charge in [0, 0.05) is 30.6 Å². The number of amides is 3. The largest absolute Gasteiger partial charge is 0.389 e. The Kier molecular flexibility index (Phi) is 8.74. The lowest BCUT2D eigenvalue weighted by atomic mass is 9.74. The quantitative estimate of drug-likeness (QED) is 0.600. The third kappa shape index (κ3) is 5.51. The number of imide groups is 1. The Bertz CT molecular complexity index is 890. The second kappa shape index (κ2) is 11.3. The average Bonchev–Trinajstić information content (AvgIpc) is 3.11. The van der Waals surface area contributed by atoms with Gasteiger partial charge in [0.2, 0.25) is 5.91 Å². The molecule has 0 aromatic carbocycles. The van der Waals surface area contributed by atoms with Gasteiger partial charge in [-0.2, -0.15) is 5.26 Å². The van der Waals surface area contributed by atoms with E-state index in [9.17, 15) is 14.9 Å². The Hall–Kier alpha value is -2.15. The second-order valence-corrected chi connectivity index (χ2v) is 10.3. The van der Waals surface area contributed by atoms with Crippen LogP contribution in [0.15, 0.2) is 0 Å². The van der Waals surface area contributed by atoms with E-state index in [0.29, 0.717) is 36.2 Å². The summed E-state index contributed by atoms with van der Waals surface area (Å²) in [5.41, 5.74) is 7.78. The molecule has 3 atom stereocenters. The van der Waals surface area contributed by atoms with Crippen molar-refractivity contribution in [3.8, 4) is 6.07 Å². The molecule has 0 bridgehead atoms. The number of nitrogens with one attached hydrogen (secondary N) is 1. The minimum absolute atomic E-state index is 0.0815. The molecule has 2 aliphatic rings. The van der Waals surface area contributed by atoms with Crippen LogP contribution in [-0.4, -0.2) is 79.0 Å². The maximum atomic E-state index is 13.6. The number of nitrogens with zero attached hydrogens (tertiary/aromatic N) is 4. The third-order valence-electron chi connectivity index (χ3n) is 7.24. The Morgan fingerprint density at radius 3 is 2.61 bits per heavy atom. The van der Waals surface area contributed by atoms with Crippen LogP contribution in [0.4, 0.5) is 9.80 Å². The number of nitrogens with two attached hydrogens (primary N) is 1. The predicted octanol–water partition coefficient (Wildman–Crippen LogP) is 2.53. The van der Waals surface area contributed by atoms with E-state index in [1.165, 1.54) is 21.1 Å². The number of fused-ring (bicyclic) bond motifs is 2.